The molecule has 0 fully saturated rings. The molecule has 2 N–H and O–H groups in total. The number of nitrogens with one attached hydrogen (secondary N) is 1. The first-order valence-corrected chi connectivity index (χ1v) is 8.64. The van der Waals surface area contributed by atoms with Gasteiger partial charge in [0.25, 0.3) is 5.91 Å². The number of aromatic nitrogens is 2. The predicted octanol–water partition coefficient (Wildman–Crippen LogP) is 1.90. The number of carbonyl (C=O) groups excluding carboxylic acids is 2. The van der Waals surface area contributed by atoms with Crippen molar-refractivity contribution in [2.45, 2.75) is 13.0 Å². The van der Waals surface area contributed by atoms with Gasteiger partial charge in [-0.2, -0.15) is 0 Å². The molecule has 0 saturated carbocycles. The third-order valence-electron chi connectivity index (χ3n) is 4.63. The SMILES string of the molecule is CN(Cc1ccccc1)C(=O)C(Cc1nc2ccccc2n1C)C(=O)NO. The molecule has 7 heteroatoms. The van der Waals surface area contributed by atoms with Crippen LogP contribution < -0.4 is 5.48 Å². The summed E-state index contributed by atoms with van der Waals surface area (Å²) in [5.41, 5.74) is 4.28. The van der Waals surface area contributed by atoms with Crippen molar-refractivity contribution >= 4 is 22.8 Å². The van der Waals surface area contributed by atoms with E-state index in [0.717, 1.165) is 16.6 Å². The zero-order chi connectivity index (χ0) is 19.4. The van der Waals surface area contributed by atoms with E-state index < -0.39 is 11.8 Å². The van der Waals surface area contributed by atoms with E-state index in [0.29, 0.717) is 12.4 Å². The largest absolute Gasteiger partial charge is 0.341 e. The summed E-state index contributed by atoms with van der Waals surface area (Å²) in [4.78, 5) is 31.1. The fourth-order valence-corrected chi connectivity index (χ4v) is 3.13. The van der Waals surface area contributed by atoms with Crippen LogP contribution in [0.1, 0.15) is 11.4 Å². The highest BCUT2D eigenvalue weighted by atomic mass is 16.5. The third kappa shape index (κ3) is 3.98. The quantitative estimate of drug-likeness (QED) is 0.396. The Bertz CT molecular complexity index is 952. The number of imidazole rings is 1. The molecule has 1 aromatic heterocycles. The highest BCUT2D eigenvalue weighted by Gasteiger charge is 2.31. The molecule has 0 aliphatic carbocycles. The van der Waals surface area contributed by atoms with E-state index in [9.17, 15) is 9.59 Å². The van der Waals surface area contributed by atoms with Gasteiger partial charge in [0.2, 0.25) is 5.91 Å². The number of benzene rings is 2. The first-order chi connectivity index (χ1) is 13.0. The summed E-state index contributed by atoms with van der Waals surface area (Å²) < 4.78 is 1.86. The molecule has 0 radical (unpaired) electrons. The maximum Gasteiger partial charge on any atom is 0.256 e. The average molecular weight is 366 g/mol. The van der Waals surface area contributed by atoms with Crippen molar-refractivity contribution in [2.75, 3.05) is 7.05 Å². The second kappa shape index (κ2) is 8.01. The normalized spacial score (nSPS) is 12.0. The summed E-state index contributed by atoms with van der Waals surface area (Å²) in [6.07, 6.45) is 0.0928. The third-order valence-corrected chi connectivity index (χ3v) is 4.63. The van der Waals surface area contributed by atoms with E-state index in [1.165, 1.54) is 4.90 Å². The summed E-state index contributed by atoms with van der Waals surface area (Å²) in [6, 6.07) is 17.1. The second-order valence-corrected chi connectivity index (χ2v) is 6.49. The number of aryl methyl sites for hydroxylation is 1. The highest BCUT2D eigenvalue weighted by molar-refractivity contribution is 6.00. The molecule has 3 aromatic rings. The molecule has 2 aromatic carbocycles. The Kier molecular flexibility index (Phi) is 5.52. The number of hydrogen-bond donors (Lipinski definition) is 2. The number of rotatable bonds is 6. The number of fused-ring (bicyclic) bond motifs is 1. The van der Waals surface area contributed by atoms with E-state index in [-0.39, 0.29) is 12.3 Å². The molecule has 140 valence electrons. The van der Waals surface area contributed by atoms with Crippen LogP contribution in [-0.2, 0) is 29.6 Å². The number of carbonyl (C=O) groups is 2. The van der Waals surface area contributed by atoms with Crippen molar-refractivity contribution in [3.8, 4) is 0 Å². The molecule has 1 atom stereocenters. The molecule has 7 nitrogen and oxygen atoms in total. The van der Waals surface area contributed by atoms with Gasteiger partial charge in [-0.05, 0) is 17.7 Å². The van der Waals surface area contributed by atoms with E-state index in [4.69, 9.17) is 5.21 Å². The Morgan fingerprint density at radius 1 is 1.15 bits per heavy atom. The number of para-hydroxylation sites is 2. The lowest BCUT2D eigenvalue weighted by Gasteiger charge is -2.22. The zero-order valence-corrected chi connectivity index (χ0v) is 15.3. The fraction of sp³-hybridized carbons (Fsp3) is 0.250. The molecule has 0 spiro atoms. The smallest absolute Gasteiger partial charge is 0.256 e. The molecule has 3 rings (SSSR count). The zero-order valence-electron chi connectivity index (χ0n) is 15.3. The van der Waals surface area contributed by atoms with Crippen LogP contribution in [0.5, 0.6) is 0 Å². The number of hydrogen-bond acceptors (Lipinski definition) is 4. The minimum absolute atomic E-state index is 0.0928. The number of nitrogens with zero attached hydrogens (tertiary/aromatic N) is 3. The van der Waals surface area contributed by atoms with Gasteiger partial charge in [-0.25, -0.2) is 10.5 Å². The van der Waals surface area contributed by atoms with Crippen LogP contribution in [-0.4, -0.2) is 38.5 Å². The molecule has 0 aliphatic heterocycles. The second-order valence-electron chi connectivity index (χ2n) is 6.49. The minimum atomic E-state index is -1.07. The molecule has 1 heterocycles. The lowest BCUT2D eigenvalue weighted by molar-refractivity contribution is -0.145. The van der Waals surface area contributed by atoms with Gasteiger partial charge in [-0.3, -0.25) is 14.8 Å². The highest BCUT2D eigenvalue weighted by Crippen LogP contribution is 2.18. The molecule has 0 aliphatic rings. The van der Waals surface area contributed by atoms with Gasteiger partial charge in [0.1, 0.15) is 11.7 Å². The maximum atomic E-state index is 12.9. The molecule has 2 amide bonds. The van der Waals surface area contributed by atoms with Crippen molar-refractivity contribution in [1.82, 2.24) is 19.9 Å². The Hall–Kier alpha value is -3.19. The van der Waals surface area contributed by atoms with Crippen LogP contribution in [0.4, 0.5) is 0 Å². The Balaban J connectivity index is 1.83. The lowest BCUT2D eigenvalue weighted by Crippen LogP contribution is -2.42. The van der Waals surface area contributed by atoms with E-state index in [2.05, 4.69) is 4.98 Å². The first kappa shape index (κ1) is 18.6. The summed E-state index contributed by atoms with van der Waals surface area (Å²) in [6.45, 7) is 0.372. The van der Waals surface area contributed by atoms with Crippen LogP contribution in [0.2, 0.25) is 0 Å². The summed E-state index contributed by atoms with van der Waals surface area (Å²) in [5.74, 6) is -1.59. The number of hydroxylamine groups is 1. The van der Waals surface area contributed by atoms with Gasteiger partial charge in [0.15, 0.2) is 0 Å². The van der Waals surface area contributed by atoms with Gasteiger partial charge in [-0.1, -0.05) is 42.5 Å². The van der Waals surface area contributed by atoms with Crippen molar-refractivity contribution in [3.63, 3.8) is 0 Å². The van der Waals surface area contributed by atoms with E-state index in [1.54, 1.807) is 12.5 Å². The van der Waals surface area contributed by atoms with Crippen molar-refractivity contribution < 1.29 is 14.8 Å². The predicted molar refractivity (Wildman–Crippen MR) is 101 cm³/mol. The summed E-state index contributed by atoms with van der Waals surface area (Å²) in [5, 5.41) is 9.12. The molecule has 0 bridgehead atoms. The molecular formula is C20H22N4O3. The van der Waals surface area contributed by atoms with Gasteiger partial charge < -0.3 is 9.47 Å². The van der Waals surface area contributed by atoms with Crippen LogP contribution in [0.15, 0.2) is 54.6 Å². The Morgan fingerprint density at radius 3 is 2.48 bits per heavy atom. The van der Waals surface area contributed by atoms with Crippen molar-refractivity contribution in [2.24, 2.45) is 13.0 Å². The lowest BCUT2D eigenvalue weighted by atomic mass is 10.0. The van der Waals surface area contributed by atoms with Gasteiger partial charge in [-0.15, -0.1) is 0 Å². The Morgan fingerprint density at radius 2 is 1.81 bits per heavy atom. The molecule has 0 saturated heterocycles. The first-order valence-electron chi connectivity index (χ1n) is 8.64. The van der Waals surface area contributed by atoms with Crippen molar-refractivity contribution in [3.05, 3.63) is 66.0 Å². The Labute approximate surface area is 157 Å². The average Bonchev–Trinajstić information content (AvgIpc) is 3.01. The van der Waals surface area contributed by atoms with Gasteiger partial charge >= 0.3 is 0 Å². The molecule has 27 heavy (non-hydrogen) atoms. The van der Waals surface area contributed by atoms with Crippen LogP contribution >= 0.6 is 0 Å². The minimum Gasteiger partial charge on any atom is -0.341 e. The summed E-state index contributed by atoms with van der Waals surface area (Å²) >= 11 is 0. The van der Waals surface area contributed by atoms with E-state index >= 15 is 0 Å². The topological polar surface area (TPSA) is 87.5 Å². The monoisotopic (exact) mass is 366 g/mol. The van der Waals surface area contributed by atoms with Crippen LogP contribution in [0.3, 0.4) is 0 Å². The molecular weight excluding hydrogens is 344 g/mol. The van der Waals surface area contributed by atoms with Crippen LogP contribution in [0.25, 0.3) is 11.0 Å². The molecule has 1 unspecified atom stereocenters. The van der Waals surface area contributed by atoms with Gasteiger partial charge in [0, 0.05) is 27.1 Å². The van der Waals surface area contributed by atoms with Crippen LogP contribution in [0, 0.1) is 5.92 Å². The van der Waals surface area contributed by atoms with E-state index in [1.807, 2.05) is 66.2 Å². The number of amides is 2. The maximum absolute atomic E-state index is 12.9. The van der Waals surface area contributed by atoms with Crippen molar-refractivity contribution in [1.29, 1.82) is 0 Å². The standard InChI is InChI=1S/C20H22N4O3/c1-23(13-14-8-4-3-5-9-14)20(26)15(19(25)22-27)12-18-21-16-10-6-7-11-17(16)24(18)2/h3-11,15,27H,12-13H2,1-2H3,(H,22,25). The van der Waals surface area contributed by atoms with Gasteiger partial charge in [0.05, 0.1) is 11.0 Å². The fourth-order valence-electron chi connectivity index (χ4n) is 3.13. The summed E-state index contributed by atoms with van der Waals surface area (Å²) in [7, 11) is 3.48.